The number of anilines is 2. The quantitative estimate of drug-likeness (QED) is 0.701. The molecule has 0 aliphatic rings. The standard InChI is InChI=1S/C13H13N5O3S/c1-21-9-5-3-4-8(6-9)15-11-10-7-14-18-12(10)17-13(16-11)22(2,19)20/h3-7H,1-2H3,(H2,14,15,16,17,18). The molecule has 1 aromatic carbocycles. The average Bonchev–Trinajstić information content (AvgIpc) is 2.95. The van der Waals surface area contributed by atoms with E-state index in [0.29, 0.717) is 28.3 Å². The second kappa shape index (κ2) is 5.26. The Hall–Kier alpha value is -2.68. The minimum Gasteiger partial charge on any atom is -0.497 e. The molecule has 2 N–H and O–H groups in total. The number of H-pyrrole nitrogens is 1. The van der Waals surface area contributed by atoms with Crippen molar-refractivity contribution in [2.75, 3.05) is 18.7 Å². The summed E-state index contributed by atoms with van der Waals surface area (Å²) >= 11 is 0. The zero-order valence-corrected chi connectivity index (χ0v) is 12.7. The van der Waals surface area contributed by atoms with Crippen LogP contribution in [0.1, 0.15) is 0 Å². The van der Waals surface area contributed by atoms with E-state index in [2.05, 4.69) is 25.5 Å². The molecule has 3 aromatic rings. The van der Waals surface area contributed by atoms with Gasteiger partial charge in [-0.15, -0.1) is 0 Å². The molecule has 0 fully saturated rings. The first-order chi connectivity index (χ1) is 10.5. The van der Waals surface area contributed by atoms with Gasteiger partial charge in [-0.05, 0) is 12.1 Å². The first-order valence-electron chi connectivity index (χ1n) is 6.29. The number of nitrogens with zero attached hydrogens (tertiary/aromatic N) is 3. The number of methoxy groups -OCH3 is 1. The maximum atomic E-state index is 11.7. The Morgan fingerprint density at radius 2 is 2.09 bits per heavy atom. The third-order valence-corrected chi connectivity index (χ3v) is 3.80. The Morgan fingerprint density at radius 3 is 2.82 bits per heavy atom. The van der Waals surface area contributed by atoms with Crippen LogP contribution in [0, 0.1) is 0 Å². The molecule has 0 saturated heterocycles. The van der Waals surface area contributed by atoms with E-state index in [1.54, 1.807) is 19.2 Å². The summed E-state index contributed by atoms with van der Waals surface area (Å²) in [5.74, 6) is 1.03. The lowest BCUT2D eigenvalue weighted by atomic mass is 10.3. The third-order valence-electron chi connectivity index (χ3n) is 2.95. The molecular formula is C13H13N5O3S. The van der Waals surface area contributed by atoms with Crippen LogP contribution in [-0.2, 0) is 9.84 Å². The van der Waals surface area contributed by atoms with Gasteiger partial charge in [0.25, 0.3) is 5.16 Å². The Labute approximate surface area is 126 Å². The minimum absolute atomic E-state index is 0.269. The van der Waals surface area contributed by atoms with Gasteiger partial charge in [0, 0.05) is 18.0 Å². The third kappa shape index (κ3) is 2.70. The lowest BCUT2D eigenvalue weighted by molar-refractivity contribution is 0.415. The molecule has 0 aliphatic carbocycles. The number of ether oxygens (including phenoxy) is 1. The number of fused-ring (bicyclic) bond motifs is 1. The summed E-state index contributed by atoms with van der Waals surface area (Å²) in [6, 6.07) is 7.21. The first-order valence-corrected chi connectivity index (χ1v) is 8.19. The van der Waals surface area contributed by atoms with Crippen molar-refractivity contribution in [2.24, 2.45) is 0 Å². The lowest BCUT2D eigenvalue weighted by Crippen LogP contribution is -2.07. The molecule has 3 rings (SSSR count). The molecule has 0 spiro atoms. The van der Waals surface area contributed by atoms with Gasteiger partial charge < -0.3 is 10.1 Å². The van der Waals surface area contributed by atoms with Crippen LogP contribution in [0.5, 0.6) is 5.75 Å². The Balaban J connectivity index is 2.10. The molecule has 8 nitrogen and oxygen atoms in total. The fourth-order valence-electron chi connectivity index (χ4n) is 1.91. The molecule has 0 bridgehead atoms. The van der Waals surface area contributed by atoms with Gasteiger partial charge >= 0.3 is 0 Å². The first kappa shape index (κ1) is 14.3. The Morgan fingerprint density at radius 1 is 1.27 bits per heavy atom. The summed E-state index contributed by atoms with van der Waals surface area (Å²) in [7, 11) is -1.97. The maximum Gasteiger partial charge on any atom is 0.250 e. The Bertz CT molecular complexity index is 936. The van der Waals surface area contributed by atoms with E-state index < -0.39 is 9.84 Å². The average molecular weight is 319 g/mol. The van der Waals surface area contributed by atoms with E-state index in [1.165, 1.54) is 6.20 Å². The summed E-state index contributed by atoms with van der Waals surface area (Å²) in [6.45, 7) is 0. The van der Waals surface area contributed by atoms with Crippen LogP contribution in [-0.4, -0.2) is 41.9 Å². The molecule has 0 amide bonds. The van der Waals surface area contributed by atoms with Crippen LogP contribution in [0.4, 0.5) is 11.5 Å². The monoisotopic (exact) mass is 319 g/mol. The van der Waals surface area contributed by atoms with E-state index in [0.717, 1.165) is 6.26 Å². The number of benzene rings is 1. The van der Waals surface area contributed by atoms with Crippen LogP contribution >= 0.6 is 0 Å². The minimum atomic E-state index is -3.53. The second-order valence-corrected chi connectivity index (χ2v) is 6.53. The maximum absolute atomic E-state index is 11.7. The van der Waals surface area contributed by atoms with Gasteiger partial charge in [0.05, 0.1) is 18.7 Å². The van der Waals surface area contributed by atoms with Gasteiger partial charge in [-0.2, -0.15) is 15.1 Å². The second-order valence-electron chi connectivity index (χ2n) is 4.62. The zero-order valence-electron chi connectivity index (χ0n) is 11.9. The molecule has 0 saturated carbocycles. The highest BCUT2D eigenvalue weighted by atomic mass is 32.2. The number of aromatic nitrogens is 4. The molecule has 114 valence electrons. The highest BCUT2D eigenvalue weighted by Gasteiger charge is 2.16. The topological polar surface area (TPSA) is 110 Å². The highest BCUT2D eigenvalue weighted by Crippen LogP contribution is 2.25. The predicted octanol–water partition coefficient (Wildman–Crippen LogP) is 1.51. The van der Waals surface area contributed by atoms with Crippen molar-refractivity contribution in [1.82, 2.24) is 20.2 Å². The summed E-state index contributed by atoms with van der Waals surface area (Å²) < 4.78 is 28.5. The summed E-state index contributed by atoms with van der Waals surface area (Å²) in [5, 5.41) is 9.91. The van der Waals surface area contributed by atoms with E-state index in [-0.39, 0.29) is 5.16 Å². The molecule has 2 heterocycles. The highest BCUT2D eigenvalue weighted by molar-refractivity contribution is 7.90. The molecule has 0 atom stereocenters. The van der Waals surface area contributed by atoms with Crippen LogP contribution in [0.25, 0.3) is 11.0 Å². The van der Waals surface area contributed by atoms with Crippen molar-refractivity contribution in [3.8, 4) is 5.75 Å². The van der Waals surface area contributed by atoms with Crippen LogP contribution in [0.15, 0.2) is 35.6 Å². The Kier molecular flexibility index (Phi) is 3.41. The molecule has 0 unspecified atom stereocenters. The molecule has 9 heteroatoms. The van der Waals surface area contributed by atoms with E-state index in [4.69, 9.17) is 4.74 Å². The lowest BCUT2D eigenvalue weighted by Gasteiger charge is -2.09. The predicted molar refractivity (Wildman–Crippen MR) is 81.1 cm³/mol. The largest absolute Gasteiger partial charge is 0.497 e. The van der Waals surface area contributed by atoms with Gasteiger partial charge in [0.15, 0.2) is 5.65 Å². The number of sulfone groups is 1. The number of hydrogen-bond acceptors (Lipinski definition) is 7. The van der Waals surface area contributed by atoms with E-state index in [1.807, 2.05) is 12.1 Å². The van der Waals surface area contributed by atoms with Crippen molar-refractivity contribution in [2.45, 2.75) is 5.16 Å². The zero-order chi connectivity index (χ0) is 15.7. The molecule has 0 radical (unpaired) electrons. The van der Waals surface area contributed by atoms with Crippen molar-refractivity contribution in [3.63, 3.8) is 0 Å². The number of rotatable bonds is 4. The van der Waals surface area contributed by atoms with Gasteiger partial charge in [-0.1, -0.05) is 6.07 Å². The van der Waals surface area contributed by atoms with Crippen molar-refractivity contribution in [3.05, 3.63) is 30.5 Å². The summed E-state index contributed by atoms with van der Waals surface area (Å²) in [4.78, 5) is 8.04. The SMILES string of the molecule is COc1cccc(Nc2nc(S(C)(=O)=O)nc3[nH]ncc23)c1. The smallest absolute Gasteiger partial charge is 0.250 e. The number of nitrogens with one attached hydrogen (secondary N) is 2. The fraction of sp³-hybridized carbons (Fsp3) is 0.154. The van der Waals surface area contributed by atoms with Crippen LogP contribution in [0.2, 0.25) is 0 Å². The van der Waals surface area contributed by atoms with Crippen molar-refractivity contribution < 1.29 is 13.2 Å². The van der Waals surface area contributed by atoms with Gasteiger partial charge in [-0.25, -0.2) is 8.42 Å². The van der Waals surface area contributed by atoms with E-state index in [9.17, 15) is 8.42 Å². The molecule has 22 heavy (non-hydrogen) atoms. The number of aromatic amines is 1. The van der Waals surface area contributed by atoms with Gasteiger partial charge in [-0.3, -0.25) is 5.10 Å². The molecular weight excluding hydrogens is 306 g/mol. The summed E-state index contributed by atoms with van der Waals surface area (Å²) in [6.07, 6.45) is 2.59. The summed E-state index contributed by atoms with van der Waals surface area (Å²) in [5.41, 5.74) is 1.06. The van der Waals surface area contributed by atoms with E-state index >= 15 is 0 Å². The molecule has 2 aromatic heterocycles. The normalized spacial score (nSPS) is 11.5. The van der Waals surface area contributed by atoms with Gasteiger partial charge in [0.2, 0.25) is 9.84 Å². The fourth-order valence-corrected chi connectivity index (χ4v) is 2.43. The van der Waals surface area contributed by atoms with Crippen molar-refractivity contribution >= 4 is 32.4 Å². The number of hydrogen-bond donors (Lipinski definition) is 2. The molecule has 0 aliphatic heterocycles. The van der Waals surface area contributed by atoms with Crippen LogP contribution in [0.3, 0.4) is 0 Å². The van der Waals surface area contributed by atoms with Gasteiger partial charge in [0.1, 0.15) is 11.6 Å². The van der Waals surface area contributed by atoms with Crippen molar-refractivity contribution in [1.29, 1.82) is 0 Å². The van der Waals surface area contributed by atoms with Crippen LogP contribution < -0.4 is 10.1 Å².